The Morgan fingerprint density at radius 1 is 1.15 bits per heavy atom. The second-order valence-electron chi connectivity index (χ2n) is 7.71. The van der Waals surface area contributed by atoms with Crippen molar-refractivity contribution in [2.45, 2.75) is 24.5 Å². The molecule has 0 radical (unpaired) electrons. The second-order valence-corrected chi connectivity index (χ2v) is 8.70. The molecule has 0 saturated heterocycles. The van der Waals surface area contributed by atoms with Crippen LogP contribution >= 0.6 is 11.8 Å². The molecular weight excluding hydrogens is 454 g/mol. The van der Waals surface area contributed by atoms with Gasteiger partial charge in [0.25, 0.3) is 5.56 Å². The number of rotatable bonds is 6. The highest BCUT2D eigenvalue weighted by atomic mass is 32.2. The quantitative estimate of drug-likeness (QED) is 0.336. The Morgan fingerprint density at radius 2 is 1.91 bits per heavy atom. The normalized spacial score (nSPS) is 14.7. The molecule has 1 N–H and O–H groups in total. The van der Waals surface area contributed by atoms with E-state index in [2.05, 4.69) is 15.4 Å². The number of nitrogens with zero attached hydrogens (tertiary/aromatic N) is 4. The average Bonchev–Trinajstić information content (AvgIpc) is 3.45. The fourth-order valence-corrected chi connectivity index (χ4v) is 5.00. The van der Waals surface area contributed by atoms with Crippen LogP contribution in [0, 0.1) is 0 Å². The van der Waals surface area contributed by atoms with Crippen molar-refractivity contribution in [3.8, 4) is 5.69 Å². The number of esters is 1. The third kappa shape index (κ3) is 4.08. The van der Waals surface area contributed by atoms with Crippen LogP contribution < -0.4 is 10.9 Å². The van der Waals surface area contributed by atoms with Crippen molar-refractivity contribution in [2.24, 2.45) is 0 Å². The number of aromatic nitrogens is 4. The summed E-state index contributed by atoms with van der Waals surface area (Å²) in [6.45, 7) is 2.04. The summed E-state index contributed by atoms with van der Waals surface area (Å²) in [4.78, 5) is 42.4. The van der Waals surface area contributed by atoms with E-state index in [1.165, 1.54) is 18.0 Å². The summed E-state index contributed by atoms with van der Waals surface area (Å²) in [5, 5.41) is 8.17. The fraction of sp³-hybridized carbons (Fsp3) is 0.208. The van der Waals surface area contributed by atoms with Crippen LogP contribution in [0.1, 0.15) is 29.7 Å². The Morgan fingerprint density at radius 3 is 2.65 bits per heavy atom. The smallest absolute Gasteiger partial charge is 0.338 e. The van der Waals surface area contributed by atoms with Gasteiger partial charge in [-0.2, -0.15) is 5.10 Å². The van der Waals surface area contributed by atoms with Gasteiger partial charge in [-0.05, 0) is 43.3 Å². The largest absolute Gasteiger partial charge is 0.462 e. The molecule has 10 heteroatoms. The molecule has 34 heavy (non-hydrogen) atoms. The molecule has 3 heterocycles. The number of hydrogen-bond acceptors (Lipinski definition) is 7. The number of hydrogen-bond donors (Lipinski definition) is 1. The molecule has 1 aliphatic heterocycles. The Hall–Kier alpha value is -3.92. The number of carbonyl (C=O) groups excluding carboxylic acids is 2. The molecule has 5 rings (SSSR count). The molecule has 0 aliphatic carbocycles. The molecule has 0 fully saturated rings. The van der Waals surface area contributed by atoms with Crippen LogP contribution in [-0.2, 0) is 9.53 Å². The number of carbonyl (C=O) groups is 2. The van der Waals surface area contributed by atoms with Crippen LogP contribution in [-0.4, -0.2) is 43.6 Å². The van der Waals surface area contributed by atoms with E-state index in [0.29, 0.717) is 39.8 Å². The van der Waals surface area contributed by atoms with Crippen molar-refractivity contribution in [3.63, 3.8) is 0 Å². The summed E-state index contributed by atoms with van der Waals surface area (Å²) in [5.74, 6) is -0.0638. The molecule has 9 nitrogen and oxygen atoms in total. The zero-order chi connectivity index (χ0) is 23.7. The third-order valence-corrected chi connectivity index (χ3v) is 6.57. The number of fused-ring (bicyclic) bond motifs is 2. The predicted octanol–water partition coefficient (Wildman–Crippen LogP) is 3.43. The molecular formula is C24H21N5O4S. The van der Waals surface area contributed by atoms with Gasteiger partial charge >= 0.3 is 5.97 Å². The van der Waals surface area contributed by atoms with Crippen molar-refractivity contribution in [2.75, 3.05) is 17.7 Å². The summed E-state index contributed by atoms with van der Waals surface area (Å²) >= 11 is 1.45. The second kappa shape index (κ2) is 9.14. The first-order chi connectivity index (χ1) is 16.5. The lowest BCUT2D eigenvalue weighted by atomic mass is 10.2. The maximum Gasteiger partial charge on any atom is 0.338 e. The van der Waals surface area contributed by atoms with Gasteiger partial charge in [-0.3, -0.25) is 14.2 Å². The Kier molecular flexibility index (Phi) is 5.89. The lowest BCUT2D eigenvalue weighted by molar-refractivity contribution is -0.116. The van der Waals surface area contributed by atoms with E-state index < -0.39 is 5.97 Å². The SMILES string of the molecule is CCOC(=O)c1ccc(NC(=O)CC2CSc3nc4c(cnn4-c4ccccc4)c(=O)n32)cc1. The molecule has 172 valence electrons. The summed E-state index contributed by atoms with van der Waals surface area (Å²) in [7, 11) is 0. The Balaban J connectivity index is 1.34. The highest BCUT2D eigenvalue weighted by Crippen LogP contribution is 2.33. The maximum absolute atomic E-state index is 13.3. The lowest BCUT2D eigenvalue weighted by Gasteiger charge is -2.13. The summed E-state index contributed by atoms with van der Waals surface area (Å²) in [6, 6.07) is 15.7. The Labute approximate surface area is 198 Å². The van der Waals surface area contributed by atoms with Gasteiger partial charge in [0, 0.05) is 17.9 Å². The first-order valence-corrected chi connectivity index (χ1v) is 11.8. The monoisotopic (exact) mass is 475 g/mol. The zero-order valence-corrected chi connectivity index (χ0v) is 19.1. The van der Waals surface area contributed by atoms with E-state index in [9.17, 15) is 14.4 Å². The lowest BCUT2D eigenvalue weighted by Crippen LogP contribution is -2.27. The van der Waals surface area contributed by atoms with Crippen LogP contribution in [0.5, 0.6) is 0 Å². The van der Waals surface area contributed by atoms with Crippen LogP contribution in [0.15, 0.2) is 70.7 Å². The van der Waals surface area contributed by atoms with Gasteiger partial charge in [-0.1, -0.05) is 30.0 Å². The average molecular weight is 476 g/mol. The van der Waals surface area contributed by atoms with Gasteiger partial charge in [0.15, 0.2) is 10.8 Å². The summed E-state index contributed by atoms with van der Waals surface area (Å²) in [6.07, 6.45) is 1.65. The van der Waals surface area contributed by atoms with Crippen LogP contribution in [0.4, 0.5) is 5.69 Å². The van der Waals surface area contributed by atoms with Crippen LogP contribution in [0.2, 0.25) is 0 Å². The molecule has 1 amide bonds. The molecule has 1 unspecified atom stereocenters. The number of para-hydroxylation sites is 1. The number of anilines is 1. The minimum absolute atomic E-state index is 0.125. The van der Waals surface area contributed by atoms with Gasteiger partial charge < -0.3 is 10.1 Å². The van der Waals surface area contributed by atoms with E-state index >= 15 is 0 Å². The molecule has 2 aromatic carbocycles. The minimum atomic E-state index is -0.409. The fourth-order valence-electron chi connectivity index (χ4n) is 3.87. The van der Waals surface area contributed by atoms with Crippen LogP contribution in [0.25, 0.3) is 16.7 Å². The minimum Gasteiger partial charge on any atom is -0.462 e. The van der Waals surface area contributed by atoms with E-state index in [4.69, 9.17) is 4.74 Å². The number of nitrogens with one attached hydrogen (secondary N) is 1. The topological polar surface area (TPSA) is 108 Å². The van der Waals surface area contributed by atoms with Gasteiger partial charge in [0.05, 0.1) is 30.1 Å². The molecule has 2 aromatic heterocycles. The van der Waals surface area contributed by atoms with E-state index in [-0.39, 0.29) is 23.9 Å². The number of amides is 1. The van der Waals surface area contributed by atoms with Gasteiger partial charge in [0.1, 0.15) is 5.39 Å². The van der Waals surface area contributed by atoms with Gasteiger partial charge in [-0.25, -0.2) is 14.5 Å². The maximum atomic E-state index is 13.3. The Bertz CT molecular complexity index is 1430. The standard InChI is InChI=1S/C24H21N5O4S/c1-2-33-23(32)15-8-10-16(11-9-15)26-20(30)12-18-14-34-24-27-21-19(22(31)28(18)24)13-25-29(21)17-6-4-3-5-7-17/h3-11,13,18H,2,12,14H2,1H3,(H,26,30). The molecule has 0 saturated carbocycles. The first-order valence-electron chi connectivity index (χ1n) is 10.8. The van der Waals surface area contributed by atoms with Crippen LogP contribution in [0.3, 0.4) is 0 Å². The van der Waals surface area contributed by atoms with Crippen molar-refractivity contribution >= 4 is 40.4 Å². The van der Waals surface area contributed by atoms with E-state index in [1.54, 1.807) is 40.4 Å². The van der Waals surface area contributed by atoms with Gasteiger partial charge in [-0.15, -0.1) is 0 Å². The van der Waals surface area contributed by atoms with E-state index in [0.717, 1.165) is 5.69 Å². The molecule has 0 spiro atoms. The van der Waals surface area contributed by atoms with Crippen molar-refractivity contribution in [3.05, 3.63) is 76.7 Å². The molecule has 1 aliphatic rings. The number of benzene rings is 2. The summed E-state index contributed by atoms with van der Waals surface area (Å²) < 4.78 is 8.21. The number of thioether (sulfide) groups is 1. The molecule has 0 bridgehead atoms. The highest BCUT2D eigenvalue weighted by Gasteiger charge is 2.29. The highest BCUT2D eigenvalue weighted by molar-refractivity contribution is 7.99. The van der Waals surface area contributed by atoms with Crippen molar-refractivity contribution in [1.82, 2.24) is 19.3 Å². The number of ether oxygens (including phenoxy) is 1. The zero-order valence-electron chi connectivity index (χ0n) is 18.3. The molecule has 4 aromatic rings. The predicted molar refractivity (Wildman–Crippen MR) is 129 cm³/mol. The first kappa shape index (κ1) is 21.9. The van der Waals surface area contributed by atoms with Gasteiger partial charge in [0.2, 0.25) is 5.91 Å². The third-order valence-electron chi connectivity index (χ3n) is 5.47. The molecule has 1 atom stereocenters. The van der Waals surface area contributed by atoms with Crippen molar-refractivity contribution < 1.29 is 14.3 Å². The van der Waals surface area contributed by atoms with E-state index in [1.807, 2.05) is 30.3 Å². The summed E-state index contributed by atoms with van der Waals surface area (Å²) in [5.41, 5.74) is 2.10. The van der Waals surface area contributed by atoms with Crippen molar-refractivity contribution in [1.29, 1.82) is 0 Å².